The zero-order valence-corrected chi connectivity index (χ0v) is 26.0. The number of nitrogens with zero attached hydrogens (tertiary/aromatic N) is 1. The minimum Gasteiger partial charge on any atom is -0.493 e. The molecule has 5 rings (SSSR count). The predicted octanol–water partition coefficient (Wildman–Crippen LogP) is 7.73. The van der Waals surface area contributed by atoms with E-state index in [2.05, 4.69) is 21.2 Å². The number of ether oxygens (including phenoxy) is 3. The number of urea groups is 1. The number of hydrogen-bond donors (Lipinski definition) is 1. The molecule has 12 heteroatoms. The van der Waals surface area contributed by atoms with Crippen LogP contribution in [0.1, 0.15) is 16.7 Å². The third-order valence-electron chi connectivity index (χ3n) is 6.50. The third-order valence-corrected chi connectivity index (χ3v) is 7.67. The van der Waals surface area contributed by atoms with Crippen molar-refractivity contribution in [2.75, 3.05) is 12.0 Å². The van der Waals surface area contributed by atoms with Crippen LogP contribution in [0.25, 0.3) is 6.08 Å². The Balaban J connectivity index is 1.34. The average Bonchev–Trinajstić information content (AvgIpc) is 2.99. The zero-order valence-electron chi connectivity index (χ0n) is 22.9. The summed E-state index contributed by atoms with van der Waals surface area (Å²) >= 11 is 15.6. The summed E-state index contributed by atoms with van der Waals surface area (Å²) in [5.74, 6) is -1.05. The van der Waals surface area contributed by atoms with Gasteiger partial charge in [-0.05, 0) is 82.2 Å². The number of rotatable bonds is 9. The van der Waals surface area contributed by atoms with Crippen molar-refractivity contribution in [3.8, 4) is 17.2 Å². The molecular weight excluding hydrogens is 678 g/mol. The smallest absolute Gasteiger partial charge is 0.335 e. The summed E-state index contributed by atoms with van der Waals surface area (Å²) in [6.07, 6.45) is 1.33. The summed E-state index contributed by atoms with van der Waals surface area (Å²) in [7, 11) is 1.42. The monoisotopic (exact) mass is 698 g/mol. The van der Waals surface area contributed by atoms with E-state index in [0.717, 1.165) is 10.5 Å². The molecule has 1 aliphatic heterocycles. The topological polar surface area (TPSA) is 94.2 Å². The van der Waals surface area contributed by atoms with Gasteiger partial charge < -0.3 is 14.2 Å². The van der Waals surface area contributed by atoms with E-state index in [0.29, 0.717) is 37.1 Å². The van der Waals surface area contributed by atoms with Crippen molar-refractivity contribution in [2.45, 2.75) is 13.2 Å². The van der Waals surface area contributed by atoms with Crippen molar-refractivity contribution < 1.29 is 33.0 Å². The Morgan fingerprint density at radius 2 is 1.64 bits per heavy atom. The van der Waals surface area contributed by atoms with Gasteiger partial charge in [-0.2, -0.15) is 0 Å². The molecule has 4 amide bonds. The fourth-order valence-corrected chi connectivity index (χ4v) is 5.32. The van der Waals surface area contributed by atoms with Gasteiger partial charge in [0.25, 0.3) is 11.8 Å². The summed E-state index contributed by atoms with van der Waals surface area (Å²) in [6, 6.07) is 19.8. The van der Waals surface area contributed by atoms with E-state index in [-0.39, 0.29) is 30.2 Å². The highest BCUT2D eigenvalue weighted by molar-refractivity contribution is 9.10. The molecule has 1 fully saturated rings. The number of amides is 4. The van der Waals surface area contributed by atoms with Gasteiger partial charge in [-0.3, -0.25) is 14.9 Å². The van der Waals surface area contributed by atoms with Gasteiger partial charge in [0, 0.05) is 21.2 Å². The number of carbonyl (C=O) groups excluding carboxylic acids is 3. The van der Waals surface area contributed by atoms with Crippen LogP contribution in [0.3, 0.4) is 0 Å². The fraction of sp³-hybridized carbons (Fsp3) is 0.0938. The summed E-state index contributed by atoms with van der Waals surface area (Å²) in [4.78, 5) is 39.7. The number of carbonyl (C=O) groups is 3. The highest BCUT2D eigenvalue weighted by atomic mass is 79.9. The molecule has 224 valence electrons. The number of imide groups is 2. The molecule has 0 radical (unpaired) electrons. The summed E-state index contributed by atoms with van der Waals surface area (Å²) in [5.41, 5.74) is 1.43. The van der Waals surface area contributed by atoms with Crippen molar-refractivity contribution in [1.82, 2.24) is 5.32 Å². The standard InChI is InChI=1S/C32H22BrCl2FN2O6/c1-42-28-14-18(13-25(33)29(28)44-17-20-4-2-3-5-27(20)36)12-24-30(39)37-32(41)38(31(24)40)22-8-10-23(11-9-22)43-16-19-6-7-21(34)15-26(19)35/h2-15H,16-17H2,1H3,(H,37,39,41)/b24-12+. The maximum absolute atomic E-state index is 14.1. The van der Waals surface area contributed by atoms with Crippen LogP contribution in [0.4, 0.5) is 14.9 Å². The van der Waals surface area contributed by atoms with Gasteiger partial charge in [0.05, 0.1) is 17.3 Å². The van der Waals surface area contributed by atoms with Crippen molar-refractivity contribution >= 4 is 68.7 Å². The van der Waals surface area contributed by atoms with Crippen molar-refractivity contribution in [2.24, 2.45) is 0 Å². The van der Waals surface area contributed by atoms with Crippen molar-refractivity contribution in [1.29, 1.82) is 0 Å². The van der Waals surface area contributed by atoms with Gasteiger partial charge in [0.15, 0.2) is 11.5 Å². The largest absolute Gasteiger partial charge is 0.493 e. The molecule has 0 saturated carbocycles. The molecule has 0 aliphatic carbocycles. The van der Waals surface area contributed by atoms with Crippen LogP contribution >= 0.6 is 39.1 Å². The first-order chi connectivity index (χ1) is 21.1. The van der Waals surface area contributed by atoms with Gasteiger partial charge in [0.2, 0.25) is 0 Å². The lowest BCUT2D eigenvalue weighted by Gasteiger charge is -2.26. The molecular formula is C32H22BrCl2FN2O6. The van der Waals surface area contributed by atoms with Crippen LogP contribution < -0.4 is 24.4 Å². The van der Waals surface area contributed by atoms with Gasteiger partial charge in [-0.1, -0.05) is 47.5 Å². The Morgan fingerprint density at radius 3 is 2.34 bits per heavy atom. The minimum atomic E-state index is -0.894. The lowest BCUT2D eigenvalue weighted by Crippen LogP contribution is -2.54. The SMILES string of the molecule is COc1cc(/C=C2\C(=O)NC(=O)N(c3ccc(OCc4ccc(Cl)cc4Cl)cc3)C2=O)cc(Br)c1OCc1ccccc1F. The van der Waals surface area contributed by atoms with Crippen LogP contribution in [0.2, 0.25) is 10.0 Å². The van der Waals surface area contributed by atoms with Crippen LogP contribution in [-0.4, -0.2) is 25.0 Å². The van der Waals surface area contributed by atoms with Crippen LogP contribution in [0, 0.1) is 5.82 Å². The Morgan fingerprint density at radius 1 is 0.909 bits per heavy atom. The van der Waals surface area contributed by atoms with E-state index < -0.39 is 23.7 Å². The molecule has 1 N–H and O–H groups in total. The quantitative estimate of drug-likeness (QED) is 0.142. The van der Waals surface area contributed by atoms with Crippen LogP contribution in [0.15, 0.2) is 88.9 Å². The van der Waals surface area contributed by atoms with Gasteiger partial charge in [-0.15, -0.1) is 0 Å². The summed E-state index contributed by atoms with van der Waals surface area (Å²) < 4.78 is 31.5. The second-order valence-corrected chi connectivity index (χ2v) is 11.1. The second kappa shape index (κ2) is 13.5. The minimum absolute atomic E-state index is 0.0568. The molecule has 44 heavy (non-hydrogen) atoms. The Hall–Kier alpha value is -4.38. The van der Waals surface area contributed by atoms with E-state index in [1.165, 1.54) is 31.4 Å². The normalized spacial score (nSPS) is 14.1. The molecule has 0 bridgehead atoms. The van der Waals surface area contributed by atoms with Crippen LogP contribution in [-0.2, 0) is 22.8 Å². The Kier molecular flexibility index (Phi) is 9.53. The second-order valence-electron chi connectivity index (χ2n) is 9.39. The van der Waals surface area contributed by atoms with Crippen molar-refractivity contribution in [3.05, 3.63) is 121 Å². The maximum atomic E-state index is 14.1. The maximum Gasteiger partial charge on any atom is 0.335 e. The number of barbiturate groups is 1. The first kappa shape index (κ1) is 31.1. The molecule has 4 aromatic carbocycles. The number of hydrogen-bond acceptors (Lipinski definition) is 6. The first-order valence-corrected chi connectivity index (χ1v) is 14.5. The Bertz CT molecular complexity index is 1800. The molecule has 0 unspecified atom stereocenters. The number of anilines is 1. The molecule has 8 nitrogen and oxygen atoms in total. The highest BCUT2D eigenvalue weighted by Gasteiger charge is 2.37. The zero-order chi connectivity index (χ0) is 31.4. The van der Waals surface area contributed by atoms with E-state index in [1.54, 1.807) is 60.7 Å². The highest BCUT2D eigenvalue weighted by Crippen LogP contribution is 2.38. The summed E-state index contributed by atoms with van der Waals surface area (Å²) in [5, 5.41) is 3.17. The number of methoxy groups -OCH3 is 1. The number of benzene rings is 4. The van der Waals surface area contributed by atoms with Gasteiger partial charge in [-0.25, -0.2) is 14.1 Å². The Labute approximate surface area is 270 Å². The van der Waals surface area contributed by atoms with Gasteiger partial charge >= 0.3 is 6.03 Å². The molecule has 0 spiro atoms. The lowest BCUT2D eigenvalue weighted by molar-refractivity contribution is -0.122. The van der Waals surface area contributed by atoms with E-state index >= 15 is 0 Å². The fourth-order valence-electron chi connectivity index (χ4n) is 4.28. The molecule has 0 aromatic heterocycles. The van der Waals surface area contributed by atoms with E-state index in [4.69, 9.17) is 37.4 Å². The van der Waals surface area contributed by atoms with Gasteiger partial charge in [0.1, 0.15) is 30.4 Å². The van der Waals surface area contributed by atoms with E-state index in [1.807, 2.05) is 0 Å². The number of nitrogens with one attached hydrogen (secondary N) is 1. The third kappa shape index (κ3) is 6.88. The molecule has 4 aromatic rings. The van der Waals surface area contributed by atoms with E-state index in [9.17, 15) is 18.8 Å². The molecule has 1 saturated heterocycles. The number of halogens is 4. The molecule has 0 atom stereocenters. The van der Waals surface area contributed by atoms with Crippen molar-refractivity contribution in [3.63, 3.8) is 0 Å². The van der Waals surface area contributed by atoms with Crippen LogP contribution in [0.5, 0.6) is 17.2 Å². The first-order valence-electron chi connectivity index (χ1n) is 13.0. The molecule has 1 heterocycles. The lowest BCUT2D eigenvalue weighted by atomic mass is 10.1. The summed E-state index contributed by atoms with van der Waals surface area (Å²) in [6.45, 7) is 0.116. The predicted molar refractivity (Wildman–Crippen MR) is 168 cm³/mol. The average molecular weight is 700 g/mol. The molecule has 1 aliphatic rings.